The fourth-order valence-corrected chi connectivity index (χ4v) is 3.80. The highest BCUT2D eigenvalue weighted by atomic mass is 19.1. The van der Waals surface area contributed by atoms with Crippen molar-refractivity contribution in [2.24, 2.45) is 10.9 Å². The summed E-state index contributed by atoms with van der Waals surface area (Å²) in [6.07, 6.45) is 16.9. The Balaban J connectivity index is 1.45. The Hall–Kier alpha value is -3.62. The molecule has 0 spiro atoms. The lowest BCUT2D eigenvalue weighted by Crippen LogP contribution is -2.41. The molecule has 178 valence electrons. The first-order chi connectivity index (χ1) is 16.3. The Bertz CT molecular complexity index is 1120. The monoisotopic (exact) mass is 463 g/mol. The number of hydrogen-bond donors (Lipinski definition) is 3. The number of rotatable bonds is 9. The van der Waals surface area contributed by atoms with E-state index in [0.717, 1.165) is 25.0 Å². The minimum atomic E-state index is -0.621. The van der Waals surface area contributed by atoms with Crippen molar-refractivity contribution in [3.05, 3.63) is 60.5 Å². The SMILES string of the molecule is C=C(F)/C=C(\C=C(/C)C(=O)NC1=NC(C(=N)N(C=N)C2CC2)CC=C1)n1cnc(CC2CC2)c1. The van der Waals surface area contributed by atoms with Crippen molar-refractivity contribution in [1.82, 2.24) is 19.8 Å². The number of carbonyl (C=O) groups excluding carboxylic acids is 1. The molecular weight excluding hydrogens is 433 g/mol. The van der Waals surface area contributed by atoms with E-state index in [2.05, 4.69) is 21.9 Å². The number of nitrogens with one attached hydrogen (secondary N) is 3. The zero-order chi connectivity index (χ0) is 24.2. The van der Waals surface area contributed by atoms with Crippen LogP contribution in [0.2, 0.25) is 0 Å². The standard InChI is InChI=1S/C25H30FN7O/c1-16(10-21(11-17(2)26)32-13-19(29-15-32)12-18-6-7-18)25(34)31-23-5-3-4-22(30-23)24(28)33(14-27)20-8-9-20/h3,5,10-11,13-15,18,20,22,27-28H,2,4,6-9,12H2,1H3,(H,30,31,34)/b16-10+,21-11+,27-14?,28-24?. The maximum atomic E-state index is 13.7. The molecule has 0 bridgehead atoms. The van der Waals surface area contributed by atoms with Crippen LogP contribution in [-0.4, -0.2) is 50.5 Å². The second kappa shape index (κ2) is 10.1. The van der Waals surface area contributed by atoms with Gasteiger partial charge >= 0.3 is 0 Å². The molecule has 2 aliphatic carbocycles. The molecule has 1 aliphatic heterocycles. The first kappa shape index (κ1) is 23.5. The Labute approximate surface area is 198 Å². The zero-order valence-electron chi connectivity index (χ0n) is 19.3. The van der Waals surface area contributed by atoms with Crippen LogP contribution in [0.1, 0.15) is 44.7 Å². The largest absolute Gasteiger partial charge is 0.317 e. The van der Waals surface area contributed by atoms with Crippen LogP contribution in [0.4, 0.5) is 4.39 Å². The highest BCUT2D eigenvalue weighted by molar-refractivity contribution is 6.11. The molecule has 3 aliphatic rings. The number of dihydropyridines is 1. The van der Waals surface area contributed by atoms with E-state index in [-0.39, 0.29) is 17.8 Å². The molecule has 8 nitrogen and oxygen atoms in total. The van der Waals surface area contributed by atoms with Gasteiger partial charge in [-0.3, -0.25) is 20.6 Å². The number of carbonyl (C=O) groups is 1. The number of aliphatic imine (C=N–C) groups is 1. The maximum Gasteiger partial charge on any atom is 0.252 e. The average Bonchev–Trinajstić information content (AvgIpc) is 3.73. The summed E-state index contributed by atoms with van der Waals surface area (Å²) in [6, 6.07) is -0.245. The summed E-state index contributed by atoms with van der Waals surface area (Å²) in [6.45, 7) is 4.96. The summed E-state index contributed by atoms with van der Waals surface area (Å²) in [4.78, 5) is 23.4. The molecule has 2 fully saturated rings. The van der Waals surface area contributed by atoms with Crippen LogP contribution in [0.5, 0.6) is 0 Å². The van der Waals surface area contributed by atoms with Gasteiger partial charge in [0.05, 0.1) is 18.4 Å². The molecule has 0 aromatic carbocycles. The van der Waals surface area contributed by atoms with E-state index in [1.807, 2.05) is 12.3 Å². The van der Waals surface area contributed by atoms with E-state index >= 15 is 0 Å². The summed E-state index contributed by atoms with van der Waals surface area (Å²) < 4.78 is 15.4. The molecule has 1 amide bonds. The summed E-state index contributed by atoms with van der Waals surface area (Å²) >= 11 is 0. The lowest BCUT2D eigenvalue weighted by atomic mass is 10.1. The van der Waals surface area contributed by atoms with Gasteiger partial charge in [0, 0.05) is 23.5 Å². The molecule has 34 heavy (non-hydrogen) atoms. The van der Waals surface area contributed by atoms with E-state index in [9.17, 15) is 9.18 Å². The number of allylic oxidation sites excluding steroid dienone is 4. The molecule has 3 N–H and O–H groups in total. The van der Waals surface area contributed by atoms with Crippen molar-refractivity contribution >= 4 is 29.6 Å². The number of halogens is 1. The van der Waals surface area contributed by atoms with Gasteiger partial charge in [-0.05, 0) is 69.6 Å². The van der Waals surface area contributed by atoms with Gasteiger partial charge in [0.2, 0.25) is 0 Å². The van der Waals surface area contributed by atoms with Gasteiger partial charge in [-0.2, -0.15) is 0 Å². The Morgan fingerprint density at radius 1 is 1.35 bits per heavy atom. The summed E-state index contributed by atoms with van der Waals surface area (Å²) in [7, 11) is 0. The number of aromatic nitrogens is 2. The number of hydrogen-bond acceptors (Lipinski definition) is 5. The molecule has 1 atom stereocenters. The van der Waals surface area contributed by atoms with E-state index < -0.39 is 11.9 Å². The molecular formula is C25H30FN7O. The highest BCUT2D eigenvalue weighted by Crippen LogP contribution is 2.32. The van der Waals surface area contributed by atoms with Gasteiger partial charge in [0.25, 0.3) is 5.91 Å². The molecule has 1 aromatic rings. The molecule has 2 heterocycles. The van der Waals surface area contributed by atoms with Crippen molar-refractivity contribution in [2.45, 2.75) is 57.5 Å². The second-order valence-corrected chi connectivity index (χ2v) is 9.04. The smallest absolute Gasteiger partial charge is 0.252 e. The second-order valence-electron chi connectivity index (χ2n) is 9.04. The van der Waals surface area contributed by atoms with Crippen LogP contribution in [-0.2, 0) is 11.2 Å². The average molecular weight is 464 g/mol. The van der Waals surface area contributed by atoms with Gasteiger partial charge in [0.1, 0.15) is 23.5 Å². The molecule has 1 aromatic heterocycles. The topological polar surface area (TPSA) is 110 Å². The van der Waals surface area contributed by atoms with Crippen LogP contribution in [0, 0.1) is 16.7 Å². The number of amidine groups is 2. The Morgan fingerprint density at radius 3 is 2.76 bits per heavy atom. The van der Waals surface area contributed by atoms with Gasteiger partial charge < -0.3 is 14.8 Å². The van der Waals surface area contributed by atoms with E-state index in [1.165, 1.54) is 25.3 Å². The third-order valence-corrected chi connectivity index (χ3v) is 6.00. The van der Waals surface area contributed by atoms with Crippen LogP contribution in [0.15, 0.2) is 59.8 Å². The van der Waals surface area contributed by atoms with Gasteiger partial charge in [-0.25, -0.2) is 9.37 Å². The summed E-state index contributed by atoms with van der Waals surface area (Å²) in [5.74, 6) is 0.295. The molecule has 0 radical (unpaired) electrons. The first-order valence-electron chi connectivity index (χ1n) is 11.5. The van der Waals surface area contributed by atoms with Gasteiger partial charge in [-0.1, -0.05) is 12.7 Å². The normalized spacial score (nSPS) is 20.5. The Morgan fingerprint density at radius 2 is 2.12 bits per heavy atom. The first-order valence-corrected chi connectivity index (χ1v) is 11.5. The van der Waals surface area contributed by atoms with E-state index in [0.29, 0.717) is 29.4 Å². The van der Waals surface area contributed by atoms with Gasteiger partial charge in [0.15, 0.2) is 0 Å². The summed E-state index contributed by atoms with van der Waals surface area (Å²) in [5.41, 5.74) is 1.74. The van der Waals surface area contributed by atoms with Crippen LogP contribution in [0.3, 0.4) is 0 Å². The predicted molar refractivity (Wildman–Crippen MR) is 131 cm³/mol. The lowest BCUT2D eigenvalue weighted by molar-refractivity contribution is -0.116. The Kier molecular flexibility index (Phi) is 7.00. The lowest BCUT2D eigenvalue weighted by Gasteiger charge is -2.25. The number of nitrogens with zero attached hydrogens (tertiary/aromatic N) is 4. The summed E-state index contributed by atoms with van der Waals surface area (Å²) in [5, 5.41) is 18.8. The highest BCUT2D eigenvalue weighted by Gasteiger charge is 2.33. The quantitative estimate of drug-likeness (QED) is 0.223. The molecule has 9 heteroatoms. The van der Waals surface area contributed by atoms with Crippen molar-refractivity contribution in [1.29, 1.82) is 10.8 Å². The molecule has 2 saturated carbocycles. The fraction of sp³-hybridized carbons (Fsp3) is 0.400. The fourth-order valence-electron chi connectivity index (χ4n) is 3.80. The van der Waals surface area contributed by atoms with Crippen molar-refractivity contribution in [3.8, 4) is 0 Å². The predicted octanol–water partition coefficient (Wildman–Crippen LogP) is 4.00. The van der Waals surface area contributed by atoms with Crippen LogP contribution in [0.25, 0.3) is 5.70 Å². The van der Waals surface area contributed by atoms with Crippen molar-refractivity contribution in [3.63, 3.8) is 0 Å². The van der Waals surface area contributed by atoms with Crippen molar-refractivity contribution < 1.29 is 9.18 Å². The minimum absolute atomic E-state index is 0.206. The molecule has 1 unspecified atom stereocenters. The molecule has 4 rings (SSSR count). The number of amides is 1. The zero-order valence-corrected chi connectivity index (χ0v) is 19.3. The van der Waals surface area contributed by atoms with E-state index in [4.69, 9.17) is 10.8 Å². The van der Waals surface area contributed by atoms with Crippen LogP contribution >= 0.6 is 0 Å². The van der Waals surface area contributed by atoms with Crippen molar-refractivity contribution in [2.75, 3.05) is 0 Å². The maximum absolute atomic E-state index is 13.7. The third kappa shape index (κ3) is 6.03. The minimum Gasteiger partial charge on any atom is -0.317 e. The molecule has 0 saturated heterocycles. The third-order valence-electron chi connectivity index (χ3n) is 6.00. The van der Waals surface area contributed by atoms with E-state index in [1.54, 1.807) is 34.9 Å². The number of imidazole rings is 1. The van der Waals surface area contributed by atoms with Crippen LogP contribution < -0.4 is 5.32 Å². The van der Waals surface area contributed by atoms with Gasteiger partial charge in [-0.15, -0.1) is 0 Å².